The molecule has 6 N–H and O–H groups in total. The van der Waals surface area contributed by atoms with E-state index < -0.39 is 49.5 Å². The topological polar surface area (TPSA) is 175 Å². The van der Waals surface area contributed by atoms with Gasteiger partial charge in [0, 0.05) is 12.8 Å². The van der Waals surface area contributed by atoms with E-state index >= 15 is 0 Å². The number of ether oxygens (including phenoxy) is 3. The van der Waals surface area contributed by atoms with Crippen LogP contribution in [-0.2, 0) is 23.8 Å². The van der Waals surface area contributed by atoms with Crippen LogP contribution in [0.15, 0.2) is 72.9 Å². The minimum atomic E-state index is -1.58. The van der Waals surface area contributed by atoms with Gasteiger partial charge in [0.05, 0.1) is 32.0 Å². The van der Waals surface area contributed by atoms with Crippen LogP contribution in [0, 0.1) is 0 Å². The molecule has 0 spiro atoms. The molecular formula is C73H131NO10. The smallest absolute Gasteiger partial charge is 0.305 e. The van der Waals surface area contributed by atoms with E-state index in [1.54, 1.807) is 6.08 Å². The number of rotatable bonds is 61. The maximum Gasteiger partial charge on any atom is 0.305 e. The molecule has 1 heterocycles. The summed E-state index contributed by atoms with van der Waals surface area (Å²) in [7, 11) is 0. The Balaban J connectivity index is 2.01. The van der Waals surface area contributed by atoms with Gasteiger partial charge in [0.25, 0.3) is 0 Å². The molecule has 0 aromatic carbocycles. The first-order chi connectivity index (χ1) is 41.2. The van der Waals surface area contributed by atoms with Crippen molar-refractivity contribution in [3.8, 4) is 0 Å². The van der Waals surface area contributed by atoms with E-state index in [1.165, 1.54) is 205 Å². The zero-order valence-corrected chi connectivity index (χ0v) is 54.1. The van der Waals surface area contributed by atoms with Crippen LogP contribution in [-0.4, -0.2) is 100 Å². The molecule has 0 aliphatic carbocycles. The first kappa shape index (κ1) is 79.1. The van der Waals surface area contributed by atoms with E-state index in [4.69, 9.17) is 14.2 Å². The lowest BCUT2D eigenvalue weighted by molar-refractivity contribution is -0.302. The van der Waals surface area contributed by atoms with Crippen molar-refractivity contribution in [3.63, 3.8) is 0 Å². The lowest BCUT2D eigenvalue weighted by Crippen LogP contribution is -2.60. The van der Waals surface area contributed by atoms with Gasteiger partial charge in [-0.3, -0.25) is 9.59 Å². The molecule has 488 valence electrons. The Hall–Kier alpha value is -2.90. The van der Waals surface area contributed by atoms with Crippen LogP contribution in [0.5, 0.6) is 0 Å². The third kappa shape index (κ3) is 50.1. The van der Waals surface area contributed by atoms with E-state index in [1.807, 2.05) is 6.08 Å². The number of aliphatic hydroxyl groups is 5. The van der Waals surface area contributed by atoms with Gasteiger partial charge in [0.15, 0.2) is 6.29 Å². The molecule has 1 aliphatic rings. The van der Waals surface area contributed by atoms with Crippen LogP contribution in [0.1, 0.15) is 316 Å². The molecule has 7 unspecified atom stereocenters. The molecule has 0 saturated carbocycles. The first-order valence-corrected chi connectivity index (χ1v) is 35.2. The number of carbonyl (C=O) groups is 2. The van der Waals surface area contributed by atoms with E-state index in [9.17, 15) is 35.1 Å². The first-order valence-electron chi connectivity index (χ1n) is 35.2. The number of hydrogen-bond acceptors (Lipinski definition) is 10. The second-order valence-corrected chi connectivity index (χ2v) is 24.2. The normalized spacial score (nSPS) is 18.5. The van der Waals surface area contributed by atoms with Crippen molar-refractivity contribution in [3.05, 3.63) is 72.9 Å². The molecule has 7 atom stereocenters. The predicted molar refractivity (Wildman–Crippen MR) is 352 cm³/mol. The molecule has 1 saturated heterocycles. The predicted octanol–water partition coefficient (Wildman–Crippen LogP) is 17.9. The lowest BCUT2D eigenvalue weighted by atomic mass is 9.99. The highest BCUT2D eigenvalue weighted by Crippen LogP contribution is 2.23. The van der Waals surface area contributed by atoms with Gasteiger partial charge in [-0.2, -0.15) is 0 Å². The third-order valence-corrected chi connectivity index (χ3v) is 16.2. The summed E-state index contributed by atoms with van der Waals surface area (Å²) in [5.74, 6) is -0.206. The fourth-order valence-electron chi connectivity index (χ4n) is 10.7. The number of hydrogen-bond donors (Lipinski definition) is 6. The van der Waals surface area contributed by atoms with Crippen molar-refractivity contribution in [2.45, 2.75) is 358 Å². The molecule has 0 radical (unpaired) electrons. The number of nitrogens with one attached hydrogen (secondary N) is 1. The zero-order chi connectivity index (χ0) is 60.9. The molecule has 0 bridgehead atoms. The molecule has 1 rings (SSSR count). The van der Waals surface area contributed by atoms with Crippen LogP contribution >= 0.6 is 0 Å². The Morgan fingerprint density at radius 2 is 0.833 bits per heavy atom. The standard InChI is InChI=1S/C73H131NO10/c1-3-5-7-9-11-13-15-17-36-39-43-47-51-55-59-66(76)65(64-83-73-72(81)71(80)70(79)67(63-75)84-73)74-68(77)60-56-52-48-44-40-37-33-31-29-27-25-23-21-19-18-20-22-24-26-28-30-32-34-38-42-46-50-54-58-62-82-69(78)61-57-53-49-45-41-35-16-14-12-10-8-6-4-2/h8,10,14,16,18,20,24,26,39,43,55,59,65-67,70-73,75-76,79-81H,3-7,9,11-13,15,17,19,21-23,25,27-38,40-42,44-54,56-58,60-64H2,1-2H3,(H,74,77)/b10-8-,16-14-,20-18-,26-24-,43-39+,59-55+. The molecule has 1 fully saturated rings. The summed E-state index contributed by atoms with van der Waals surface area (Å²) in [6, 6.07) is -0.830. The second-order valence-electron chi connectivity index (χ2n) is 24.2. The van der Waals surface area contributed by atoms with E-state index in [-0.39, 0.29) is 18.5 Å². The lowest BCUT2D eigenvalue weighted by Gasteiger charge is -2.40. The molecular weight excluding hydrogens is 1050 g/mol. The summed E-state index contributed by atoms with van der Waals surface area (Å²) < 4.78 is 16.7. The van der Waals surface area contributed by atoms with E-state index in [0.717, 1.165) is 83.5 Å². The Morgan fingerprint density at radius 3 is 1.30 bits per heavy atom. The minimum Gasteiger partial charge on any atom is -0.466 e. The SMILES string of the molecule is CCC/C=C\C/C=C\CCCCCCCC(=O)OCCCCCCCCCCC/C=C\C/C=C\CCCCCCCCCCCCCCCC(=O)NC(COC1OC(CO)C(O)C(O)C1O)C(O)/C=C/CC/C=C/CCCCCCCCCC. The second kappa shape index (κ2) is 61.7. The number of amides is 1. The van der Waals surface area contributed by atoms with Crippen molar-refractivity contribution < 1.29 is 49.3 Å². The van der Waals surface area contributed by atoms with Crippen LogP contribution in [0.3, 0.4) is 0 Å². The van der Waals surface area contributed by atoms with Crippen LogP contribution < -0.4 is 5.32 Å². The summed E-state index contributed by atoms with van der Waals surface area (Å²) in [6.07, 6.45) is 73.1. The average molecular weight is 1180 g/mol. The summed E-state index contributed by atoms with van der Waals surface area (Å²) in [6.45, 7) is 4.27. The summed E-state index contributed by atoms with van der Waals surface area (Å²) in [4.78, 5) is 25.1. The van der Waals surface area contributed by atoms with Crippen LogP contribution in [0.25, 0.3) is 0 Å². The average Bonchev–Trinajstić information content (AvgIpc) is 3.58. The Morgan fingerprint density at radius 1 is 0.440 bits per heavy atom. The van der Waals surface area contributed by atoms with Gasteiger partial charge in [-0.25, -0.2) is 0 Å². The number of aliphatic hydroxyl groups excluding tert-OH is 5. The largest absolute Gasteiger partial charge is 0.466 e. The van der Waals surface area contributed by atoms with Crippen LogP contribution in [0.4, 0.5) is 0 Å². The summed E-state index contributed by atoms with van der Waals surface area (Å²) >= 11 is 0. The third-order valence-electron chi connectivity index (χ3n) is 16.2. The van der Waals surface area contributed by atoms with Gasteiger partial charge in [0.1, 0.15) is 24.4 Å². The maximum absolute atomic E-state index is 13.1. The quantitative estimate of drug-likeness (QED) is 0.0195. The zero-order valence-electron chi connectivity index (χ0n) is 54.1. The molecule has 1 amide bonds. The van der Waals surface area contributed by atoms with Crippen molar-refractivity contribution in [2.24, 2.45) is 0 Å². The Bertz CT molecular complexity index is 1630. The van der Waals surface area contributed by atoms with Gasteiger partial charge >= 0.3 is 5.97 Å². The van der Waals surface area contributed by atoms with Gasteiger partial charge < -0.3 is 45.1 Å². The monoisotopic (exact) mass is 1180 g/mol. The fraction of sp³-hybridized carbons (Fsp3) is 0.808. The summed E-state index contributed by atoms with van der Waals surface area (Å²) in [5.41, 5.74) is 0. The van der Waals surface area contributed by atoms with Gasteiger partial charge in [0.2, 0.25) is 5.91 Å². The Labute approximate surface area is 515 Å². The van der Waals surface area contributed by atoms with Crippen LogP contribution in [0.2, 0.25) is 0 Å². The molecule has 1 aliphatic heterocycles. The molecule has 0 aromatic heterocycles. The van der Waals surface area contributed by atoms with Gasteiger partial charge in [-0.1, -0.05) is 273 Å². The number of allylic oxidation sites excluding steroid dienone is 11. The van der Waals surface area contributed by atoms with E-state index in [2.05, 4.69) is 79.9 Å². The fourth-order valence-corrected chi connectivity index (χ4v) is 10.7. The molecule has 11 nitrogen and oxygen atoms in total. The number of carbonyl (C=O) groups excluding carboxylic acids is 2. The highest BCUT2D eigenvalue weighted by atomic mass is 16.7. The number of unbranched alkanes of at least 4 members (excludes halogenated alkanes) is 37. The van der Waals surface area contributed by atoms with Crippen molar-refractivity contribution in [1.82, 2.24) is 5.32 Å². The molecule has 11 heteroatoms. The van der Waals surface area contributed by atoms with Crippen molar-refractivity contribution in [1.29, 1.82) is 0 Å². The van der Waals surface area contributed by atoms with Gasteiger partial charge in [-0.05, 0) is 103 Å². The number of esters is 1. The van der Waals surface area contributed by atoms with Gasteiger partial charge in [-0.15, -0.1) is 0 Å². The Kier molecular flexibility index (Phi) is 58.1. The molecule has 0 aromatic rings. The summed E-state index contributed by atoms with van der Waals surface area (Å²) in [5, 5.41) is 54.5. The molecule has 84 heavy (non-hydrogen) atoms. The van der Waals surface area contributed by atoms with Crippen molar-refractivity contribution >= 4 is 11.9 Å². The highest BCUT2D eigenvalue weighted by molar-refractivity contribution is 5.76. The maximum atomic E-state index is 13.1. The van der Waals surface area contributed by atoms with E-state index in [0.29, 0.717) is 19.4 Å². The van der Waals surface area contributed by atoms with Crippen molar-refractivity contribution in [2.75, 3.05) is 19.8 Å². The minimum absolute atomic E-state index is 0.0129. The highest BCUT2D eigenvalue weighted by Gasteiger charge is 2.44.